The van der Waals surface area contributed by atoms with Crippen LogP contribution in [0.25, 0.3) is 0 Å². The van der Waals surface area contributed by atoms with Crippen molar-refractivity contribution in [1.82, 2.24) is 4.90 Å². The van der Waals surface area contributed by atoms with Gasteiger partial charge in [0.05, 0.1) is 23.6 Å². The van der Waals surface area contributed by atoms with Gasteiger partial charge in [-0.05, 0) is 47.5 Å². The topological polar surface area (TPSA) is 119 Å². The van der Waals surface area contributed by atoms with Crippen molar-refractivity contribution in [2.75, 3.05) is 13.9 Å². The molecule has 1 amide bonds. The fourth-order valence-electron chi connectivity index (χ4n) is 4.28. The number of sulfone groups is 1. The Balaban J connectivity index is 1.60. The molecule has 36 heavy (non-hydrogen) atoms. The third kappa shape index (κ3) is 3.95. The first-order chi connectivity index (χ1) is 17.3. The predicted octanol–water partition coefficient (Wildman–Crippen LogP) is 3.53. The van der Waals surface area contributed by atoms with E-state index in [1.165, 1.54) is 48.4 Å². The SMILES string of the molecule is COC(=O)c1ccc([C@H]2C(S(=O)(=O)c3ccccc3)=C(O)C(=O)N2Cc2ccc3c(c2)OCO3)cc1. The van der Waals surface area contributed by atoms with Crippen molar-refractivity contribution in [2.24, 2.45) is 0 Å². The largest absolute Gasteiger partial charge is 0.502 e. The van der Waals surface area contributed by atoms with E-state index in [2.05, 4.69) is 0 Å². The third-order valence-corrected chi connectivity index (χ3v) is 7.93. The minimum atomic E-state index is -4.25. The number of aliphatic hydroxyl groups is 1. The molecule has 10 heteroatoms. The lowest BCUT2D eigenvalue weighted by Crippen LogP contribution is -2.30. The van der Waals surface area contributed by atoms with Crippen LogP contribution in [0.2, 0.25) is 0 Å². The molecule has 0 radical (unpaired) electrons. The van der Waals surface area contributed by atoms with E-state index in [9.17, 15) is 23.1 Å². The molecular weight excluding hydrogens is 486 g/mol. The lowest BCUT2D eigenvalue weighted by atomic mass is 10.0. The second-order valence-corrected chi connectivity index (χ2v) is 10.1. The smallest absolute Gasteiger partial charge is 0.337 e. The van der Waals surface area contributed by atoms with Gasteiger partial charge in [-0.15, -0.1) is 0 Å². The van der Waals surface area contributed by atoms with Crippen LogP contribution in [0.4, 0.5) is 0 Å². The number of ether oxygens (including phenoxy) is 3. The molecule has 2 aliphatic heterocycles. The summed E-state index contributed by atoms with van der Waals surface area (Å²) in [6, 6.07) is 17.6. The van der Waals surface area contributed by atoms with E-state index >= 15 is 0 Å². The highest BCUT2D eigenvalue weighted by Crippen LogP contribution is 2.44. The van der Waals surface area contributed by atoms with Crippen LogP contribution < -0.4 is 9.47 Å². The number of benzene rings is 3. The highest BCUT2D eigenvalue weighted by Gasteiger charge is 2.47. The Morgan fingerprint density at radius 3 is 2.42 bits per heavy atom. The van der Waals surface area contributed by atoms with E-state index in [0.717, 1.165) is 0 Å². The molecule has 0 spiro atoms. The first-order valence-corrected chi connectivity index (χ1v) is 12.4. The fraction of sp³-hybridized carbons (Fsp3) is 0.154. The van der Waals surface area contributed by atoms with Crippen molar-refractivity contribution in [3.05, 3.63) is 100 Å². The van der Waals surface area contributed by atoms with Gasteiger partial charge >= 0.3 is 5.97 Å². The molecule has 1 N–H and O–H groups in total. The average molecular weight is 508 g/mol. The lowest BCUT2D eigenvalue weighted by Gasteiger charge is -2.27. The molecule has 0 saturated heterocycles. The maximum Gasteiger partial charge on any atom is 0.337 e. The standard InChI is InChI=1S/C26H21NO8S/c1-33-26(30)18-10-8-17(9-11-18)22-24(36(31,32)19-5-3-2-4-6-19)23(28)25(29)27(22)14-16-7-12-20-21(13-16)35-15-34-20/h2-13,22,28H,14-15H2,1H3/t22-/m0/s1. The van der Waals surface area contributed by atoms with Crippen molar-refractivity contribution in [2.45, 2.75) is 17.5 Å². The van der Waals surface area contributed by atoms with Crippen molar-refractivity contribution >= 4 is 21.7 Å². The normalized spacial score (nSPS) is 17.0. The van der Waals surface area contributed by atoms with Crippen molar-refractivity contribution in [1.29, 1.82) is 0 Å². The number of methoxy groups -OCH3 is 1. The Labute approximate surface area is 207 Å². The summed E-state index contributed by atoms with van der Waals surface area (Å²) in [7, 11) is -3.00. The van der Waals surface area contributed by atoms with E-state index in [4.69, 9.17) is 14.2 Å². The number of carbonyl (C=O) groups is 2. The van der Waals surface area contributed by atoms with Gasteiger partial charge in [-0.2, -0.15) is 0 Å². The zero-order chi connectivity index (χ0) is 25.4. The number of rotatable bonds is 6. The summed E-state index contributed by atoms with van der Waals surface area (Å²) in [5.74, 6) is -1.16. The van der Waals surface area contributed by atoms with E-state index in [-0.39, 0.29) is 23.8 Å². The van der Waals surface area contributed by atoms with Crippen LogP contribution in [0.3, 0.4) is 0 Å². The Kier molecular flexibility index (Phi) is 5.89. The number of esters is 1. The van der Waals surface area contributed by atoms with Gasteiger partial charge in [-0.25, -0.2) is 13.2 Å². The number of fused-ring (bicyclic) bond motifs is 1. The Morgan fingerprint density at radius 1 is 1.03 bits per heavy atom. The van der Waals surface area contributed by atoms with E-state index in [1.54, 1.807) is 36.4 Å². The monoisotopic (exact) mass is 507 g/mol. The summed E-state index contributed by atoms with van der Waals surface area (Å²) >= 11 is 0. The van der Waals surface area contributed by atoms with Gasteiger partial charge < -0.3 is 24.2 Å². The van der Waals surface area contributed by atoms with Crippen LogP contribution in [0.15, 0.2) is 88.4 Å². The van der Waals surface area contributed by atoms with E-state index in [1.807, 2.05) is 0 Å². The number of hydrogen-bond acceptors (Lipinski definition) is 8. The second kappa shape index (κ2) is 9.04. The fourth-order valence-corrected chi connectivity index (χ4v) is 5.95. The highest BCUT2D eigenvalue weighted by atomic mass is 32.2. The van der Waals surface area contributed by atoms with Gasteiger partial charge in [0.25, 0.3) is 5.91 Å². The molecular formula is C26H21NO8S. The number of carbonyl (C=O) groups excluding carboxylic acids is 2. The van der Waals surface area contributed by atoms with Crippen LogP contribution in [-0.2, 0) is 25.9 Å². The molecule has 0 saturated carbocycles. The van der Waals surface area contributed by atoms with Crippen LogP contribution in [0.1, 0.15) is 27.5 Å². The van der Waals surface area contributed by atoms with Crippen molar-refractivity contribution in [3.8, 4) is 11.5 Å². The summed E-state index contributed by atoms with van der Waals surface area (Å²) in [5.41, 5.74) is 1.30. The van der Waals surface area contributed by atoms with E-state index in [0.29, 0.717) is 22.6 Å². The Bertz CT molecular complexity index is 1480. The number of aliphatic hydroxyl groups excluding tert-OH is 1. The molecule has 9 nitrogen and oxygen atoms in total. The number of nitrogens with zero attached hydrogens (tertiary/aromatic N) is 1. The molecule has 5 rings (SSSR count). The summed E-state index contributed by atoms with van der Waals surface area (Å²) in [6.07, 6.45) is 0. The molecule has 0 fully saturated rings. The maximum atomic E-state index is 13.6. The van der Waals surface area contributed by atoms with Crippen LogP contribution in [0, 0.1) is 0 Å². The lowest BCUT2D eigenvalue weighted by molar-refractivity contribution is -0.130. The Hall–Kier alpha value is -4.31. The molecule has 0 unspecified atom stereocenters. The van der Waals surface area contributed by atoms with Gasteiger partial charge in [-0.3, -0.25) is 4.79 Å². The molecule has 0 aromatic heterocycles. The van der Waals surface area contributed by atoms with Gasteiger partial charge in [0.1, 0.15) is 4.91 Å². The third-order valence-electron chi connectivity index (χ3n) is 6.04. The van der Waals surface area contributed by atoms with Crippen molar-refractivity contribution in [3.63, 3.8) is 0 Å². The van der Waals surface area contributed by atoms with Gasteiger partial charge in [0.15, 0.2) is 17.3 Å². The number of hydrogen-bond donors (Lipinski definition) is 1. The highest BCUT2D eigenvalue weighted by molar-refractivity contribution is 7.95. The molecule has 1 atom stereocenters. The van der Waals surface area contributed by atoms with E-state index < -0.39 is 38.4 Å². The molecule has 184 valence electrons. The first-order valence-electron chi connectivity index (χ1n) is 10.9. The summed E-state index contributed by atoms with van der Waals surface area (Å²) in [4.78, 5) is 26.0. The average Bonchev–Trinajstić information content (AvgIpc) is 3.47. The molecule has 0 aliphatic carbocycles. The molecule has 2 aliphatic rings. The molecule has 2 heterocycles. The second-order valence-electron chi connectivity index (χ2n) is 8.17. The van der Waals surface area contributed by atoms with Gasteiger partial charge in [-0.1, -0.05) is 36.4 Å². The summed E-state index contributed by atoms with van der Waals surface area (Å²) in [6.45, 7) is 0.0647. The zero-order valence-electron chi connectivity index (χ0n) is 19.1. The summed E-state index contributed by atoms with van der Waals surface area (Å²) < 4.78 is 42.8. The minimum absolute atomic E-state index is 0.0171. The van der Waals surface area contributed by atoms with Gasteiger partial charge in [0, 0.05) is 6.54 Å². The van der Waals surface area contributed by atoms with Gasteiger partial charge in [0.2, 0.25) is 16.6 Å². The van der Waals surface area contributed by atoms with Crippen LogP contribution >= 0.6 is 0 Å². The zero-order valence-corrected chi connectivity index (χ0v) is 19.9. The Morgan fingerprint density at radius 2 is 1.72 bits per heavy atom. The first kappa shape index (κ1) is 23.4. The molecule has 3 aromatic rings. The van der Waals surface area contributed by atoms with Crippen molar-refractivity contribution < 1.29 is 37.3 Å². The minimum Gasteiger partial charge on any atom is -0.502 e. The number of amides is 1. The van der Waals surface area contributed by atoms with Crippen LogP contribution in [0.5, 0.6) is 11.5 Å². The molecule has 0 bridgehead atoms. The predicted molar refractivity (Wildman–Crippen MR) is 127 cm³/mol. The molecule has 3 aromatic carbocycles. The maximum absolute atomic E-state index is 13.6. The summed E-state index contributed by atoms with van der Waals surface area (Å²) in [5, 5.41) is 10.9. The quantitative estimate of drug-likeness (QED) is 0.504. The van der Waals surface area contributed by atoms with Crippen LogP contribution in [-0.4, -0.2) is 44.2 Å².